The molecule has 0 unspecified atom stereocenters. The van der Waals surface area contributed by atoms with E-state index in [1.807, 2.05) is 0 Å². The molecule has 0 saturated heterocycles. The van der Waals surface area contributed by atoms with Gasteiger partial charge in [-0.3, -0.25) is 0 Å². The summed E-state index contributed by atoms with van der Waals surface area (Å²) in [4.78, 5) is 0. The Morgan fingerprint density at radius 2 is 2.22 bits per heavy atom. The first-order chi connectivity index (χ1) is 4.47. The largest absolute Gasteiger partial charge is 0.363 e. The molecular weight excluding hydrogens is 142 g/mol. The van der Waals surface area contributed by atoms with Crippen LogP contribution in [0.4, 0.5) is 0 Å². The Kier molecular flexibility index (Phi) is 1.17. The summed E-state index contributed by atoms with van der Waals surface area (Å²) in [6, 6.07) is 8.61. The van der Waals surface area contributed by atoms with E-state index < -0.39 is 0 Å². The molecule has 1 aliphatic heterocycles. The molecule has 0 aliphatic carbocycles. The molecule has 0 spiro atoms. The Balaban J connectivity index is 2.63. The van der Waals surface area contributed by atoms with Crippen molar-refractivity contribution >= 4 is 29.4 Å². The molecule has 43 valence electrons. The molecule has 0 N–H and O–H groups in total. The molecular formula is C6H6NSi2. The van der Waals surface area contributed by atoms with E-state index in [2.05, 4.69) is 28.6 Å². The van der Waals surface area contributed by atoms with Crippen LogP contribution in [0.25, 0.3) is 0 Å². The van der Waals surface area contributed by atoms with Crippen LogP contribution in [0.5, 0.6) is 0 Å². The molecule has 3 heteroatoms. The van der Waals surface area contributed by atoms with Crippen molar-refractivity contribution in [2.75, 3.05) is 0 Å². The standard InChI is InChI=1S/C6H6NSi2/c1-2-4-6-5(3-1)8-7-9-6/h1-4H,8H2. The third kappa shape index (κ3) is 0.819. The number of hydrogen-bond acceptors (Lipinski definition) is 1. The Morgan fingerprint density at radius 3 is 3.11 bits per heavy atom. The second-order valence-corrected chi connectivity index (χ2v) is 5.19. The van der Waals surface area contributed by atoms with Crippen LogP contribution in [-0.2, 0) is 0 Å². The number of nitrogens with zero attached hydrogens (tertiary/aromatic N) is 1. The topological polar surface area (TPSA) is 12.4 Å². The summed E-state index contributed by atoms with van der Waals surface area (Å²) in [7, 11) is 0.595. The van der Waals surface area contributed by atoms with Crippen LogP contribution >= 0.6 is 0 Å². The van der Waals surface area contributed by atoms with Gasteiger partial charge in [-0.2, -0.15) is 0 Å². The summed E-state index contributed by atoms with van der Waals surface area (Å²) >= 11 is 0. The number of hydrogen-bond donors (Lipinski definition) is 0. The molecule has 9 heavy (non-hydrogen) atoms. The zero-order valence-electron chi connectivity index (χ0n) is 4.96. The molecule has 2 rings (SSSR count). The highest BCUT2D eigenvalue weighted by molar-refractivity contribution is 6.71. The van der Waals surface area contributed by atoms with Crippen molar-refractivity contribution in [1.29, 1.82) is 0 Å². The number of fused-ring (bicyclic) bond motifs is 1. The first kappa shape index (κ1) is 5.26. The molecule has 1 aliphatic rings. The summed E-state index contributed by atoms with van der Waals surface area (Å²) in [5.74, 6) is 0. The Bertz CT molecular complexity index is 257. The van der Waals surface area contributed by atoms with Gasteiger partial charge in [-0.1, -0.05) is 24.3 Å². The van der Waals surface area contributed by atoms with Gasteiger partial charge in [0, 0.05) is 0 Å². The molecule has 1 aromatic carbocycles. The lowest BCUT2D eigenvalue weighted by molar-refractivity contribution is 1.82. The molecule has 0 aromatic heterocycles. The second-order valence-electron chi connectivity index (χ2n) is 2.09. The van der Waals surface area contributed by atoms with Gasteiger partial charge in [0.05, 0.1) is 0 Å². The van der Waals surface area contributed by atoms with Gasteiger partial charge < -0.3 is 4.30 Å². The van der Waals surface area contributed by atoms with Gasteiger partial charge in [-0.25, -0.2) is 0 Å². The van der Waals surface area contributed by atoms with Crippen molar-refractivity contribution in [3.8, 4) is 0 Å². The van der Waals surface area contributed by atoms with E-state index in [0.717, 1.165) is 9.31 Å². The van der Waals surface area contributed by atoms with E-state index in [-0.39, 0.29) is 9.68 Å². The molecule has 0 bridgehead atoms. The van der Waals surface area contributed by atoms with Crippen molar-refractivity contribution in [3.63, 3.8) is 0 Å². The van der Waals surface area contributed by atoms with Crippen LogP contribution in [0.15, 0.2) is 28.6 Å². The predicted octanol–water partition coefficient (Wildman–Crippen LogP) is -1.08. The second kappa shape index (κ2) is 2.00. The lowest BCUT2D eigenvalue weighted by Gasteiger charge is -1.90. The van der Waals surface area contributed by atoms with Crippen molar-refractivity contribution in [2.45, 2.75) is 0 Å². The number of rotatable bonds is 0. The Morgan fingerprint density at radius 1 is 1.33 bits per heavy atom. The summed E-state index contributed by atoms with van der Waals surface area (Å²) in [5.41, 5.74) is 0. The van der Waals surface area contributed by atoms with E-state index in [9.17, 15) is 0 Å². The lowest BCUT2D eigenvalue weighted by atomic mass is 10.4. The molecule has 0 saturated carbocycles. The Hall–Kier alpha value is -0.546. The zero-order chi connectivity index (χ0) is 6.10. The van der Waals surface area contributed by atoms with Crippen LogP contribution in [0.1, 0.15) is 0 Å². The fourth-order valence-corrected chi connectivity index (χ4v) is 4.06. The van der Waals surface area contributed by atoms with Crippen LogP contribution in [0.2, 0.25) is 0 Å². The van der Waals surface area contributed by atoms with Gasteiger partial charge in [0.15, 0.2) is 19.0 Å². The van der Waals surface area contributed by atoms with Crippen molar-refractivity contribution in [2.24, 2.45) is 4.30 Å². The maximum Gasteiger partial charge on any atom is 0.174 e. The van der Waals surface area contributed by atoms with Crippen LogP contribution < -0.4 is 10.4 Å². The zero-order valence-corrected chi connectivity index (χ0v) is 7.38. The Labute approximate surface area is 58.6 Å². The van der Waals surface area contributed by atoms with E-state index in [4.69, 9.17) is 0 Å². The summed E-state index contributed by atoms with van der Waals surface area (Å²) < 4.78 is 4.42. The molecule has 1 heterocycles. The highest BCUT2D eigenvalue weighted by Crippen LogP contribution is 1.82. The maximum atomic E-state index is 4.42. The fraction of sp³-hybridized carbons (Fsp3) is 0. The minimum absolute atomic E-state index is 0.171. The average molecular weight is 148 g/mol. The van der Waals surface area contributed by atoms with Crippen LogP contribution in [0, 0.1) is 0 Å². The van der Waals surface area contributed by atoms with E-state index >= 15 is 0 Å². The summed E-state index contributed by atoms with van der Waals surface area (Å²) in [5, 5.41) is 3.04. The van der Waals surface area contributed by atoms with Crippen LogP contribution in [0.3, 0.4) is 0 Å². The summed E-state index contributed by atoms with van der Waals surface area (Å²) in [6.07, 6.45) is 0. The van der Waals surface area contributed by atoms with Crippen molar-refractivity contribution in [1.82, 2.24) is 0 Å². The molecule has 1 aromatic rings. The number of benzene rings is 1. The van der Waals surface area contributed by atoms with E-state index in [1.165, 1.54) is 5.19 Å². The highest BCUT2D eigenvalue weighted by Gasteiger charge is 2.03. The van der Waals surface area contributed by atoms with Crippen molar-refractivity contribution < 1.29 is 0 Å². The molecule has 1 nitrogen and oxygen atoms in total. The van der Waals surface area contributed by atoms with Gasteiger partial charge >= 0.3 is 0 Å². The lowest BCUT2D eigenvalue weighted by Crippen LogP contribution is -2.24. The smallest absolute Gasteiger partial charge is 0.174 e. The molecule has 0 fully saturated rings. The predicted molar refractivity (Wildman–Crippen MR) is 42.4 cm³/mol. The van der Waals surface area contributed by atoms with Crippen LogP contribution in [-0.4, -0.2) is 19.0 Å². The van der Waals surface area contributed by atoms with Gasteiger partial charge in [0.25, 0.3) is 0 Å². The first-order valence-corrected chi connectivity index (χ1v) is 5.26. The monoisotopic (exact) mass is 148 g/mol. The molecule has 1 radical (unpaired) electrons. The quantitative estimate of drug-likeness (QED) is 0.415. The normalized spacial score (nSPS) is 16.4. The molecule has 0 amide bonds. The van der Waals surface area contributed by atoms with Gasteiger partial charge in [-0.05, 0) is 10.4 Å². The average Bonchev–Trinajstić information content (AvgIpc) is 2.33. The van der Waals surface area contributed by atoms with Gasteiger partial charge in [0.1, 0.15) is 0 Å². The first-order valence-electron chi connectivity index (χ1n) is 2.97. The van der Waals surface area contributed by atoms with E-state index in [1.54, 1.807) is 5.19 Å². The highest BCUT2D eigenvalue weighted by atomic mass is 28.3. The summed E-state index contributed by atoms with van der Waals surface area (Å²) in [6.45, 7) is 0. The molecule has 0 atom stereocenters. The minimum Gasteiger partial charge on any atom is -0.363 e. The van der Waals surface area contributed by atoms with Gasteiger partial charge in [0.2, 0.25) is 0 Å². The third-order valence-electron chi connectivity index (χ3n) is 1.47. The SMILES string of the molecule is c1ccc2c(c1)[Si]=N[SiH2]2. The third-order valence-corrected chi connectivity index (χ3v) is 4.77. The van der Waals surface area contributed by atoms with Gasteiger partial charge in [-0.15, -0.1) is 0 Å². The maximum absolute atomic E-state index is 4.42. The van der Waals surface area contributed by atoms with E-state index in [0.29, 0.717) is 0 Å². The van der Waals surface area contributed by atoms with Crippen molar-refractivity contribution in [3.05, 3.63) is 24.3 Å². The fourth-order valence-electron chi connectivity index (χ4n) is 0.977. The minimum atomic E-state index is -0.171.